The second kappa shape index (κ2) is 9.84. The van der Waals surface area contributed by atoms with E-state index in [0.29, 0.717) is 41.4 Å². The predicted octanol–water partition coefficient (Wildman–Crippen LogP) is 3.08. The van der Waals surface area contributed by atoms with Crippen molar-refractivity contribution in [3.05, 3.63) is 41.2 Å². The van der Waals surface area contributed by atoms with Crippen molar-refractivity contribution in [2.24, 2.45) is 4.99 Å². The number of aromatic nitrogens is 1. The Morgan fingerprint density at radius 1 is 1.23 bits per heavy atom. The number of ether oxygens (including phenoxy) is 3. The molecular formula is C23H25N3O6S3. The van der Waals surface area contributed by atoms with Gasteiger partial charge in [-0.05, 0) is 43.4 Å². The van der Waals surface area contributed by atoms with Gasteiger partial charge in [-0.2, -0.15) is 21.1 Å². The van der Waals surface area contributed by atoms with E-state index >= 15 is 0 Å². The van der Waals surface area contributed by atoms with Crippen LogP contribution in [0.5, 0.6) is 17.2 Å². The van der Waals surface area contributed by atoms with E-state index in [2.05, 4.69) is 4.99 Å². The molecule has 12 heteroatoms. The standard InChI is InChI=1S/C23H25N3O6S3/c1-30-15-5-7-16(8-6-15)35(28,29)26-9-3-4-17(26)22(27)24-23-25(10-11-33-2)18-12-19-20(32-14-31-19)13-21(18)34-23/h5-8,12-13,17H,3-4,9-11,14H2,1-2H3. The number of thiazole rings is 1. The van der Waals surface area contributed by atoms with Crippen LogP contribution in [0.4, 0.5) is 0 Å². The molecule has 2 aliphatic rings. The Morgan fingerprint density at radius 2 is 1.97 bits per heavy atom. The van der Waals surface area contributed by atoms with Gasteiger partial charge in [0, 0.05) is 31.0 Å². The van der Waals surface area contributed by atoms with Crippen molar-refractivity contribution >= 4 is 49.2 Å². The molecule has 3 heterocycles. The normalized spacial score (nSPS) is 18.5. The molecule has 0 aliphatic carbocycles. The summed E-state index contributed by atoms with van der Waals surface area (Å²) in [5.41, 5.74) is 0.911. The zero-order valence-corrected chi connectivity index (χ0v) is 21.7. The molecule has 5 rings (SSSR count). The monoisotopic (exact) mass is 535 g/mol. The first-order chi connectivity index (χ1) is 16.9. The van der Waals surface area contributed by atoms with E-state index in [0.717, 1.165) is 16.0 Å². The first-order valence-electron chi connectivity index (χ1n) is 11.1. The van der Waals surface area contributed by atoms with E-state index in [4.69, 9.17) is 14.2 Å². The fraction of sp³-hybridized carbons (Fsp3) is 0.391. The Kier molecular flexibility index (Phi) is 6.80. The Bertz CT molecular complexity index is 1430. The zero-order chi connectivity index (χ0) is 24.6. The Morgan fingerprint density at radius 3 is 2.69 bits per heavy atom. The average molecular weight is 536 g/mol. The molecule has 186 valence electrons. The van der Waals surface area contributed by atoms with Gasteiger partial charge < -0.3 is 18.8 Å². The van der Waals surface area contributed by atoms with Gasteiger partial charge in [0.2, 0.25) is 16.8 Å². The number of carbonyl (C=O) groups is 1. The summed E-state index contributed by atoms with van der Waals surface area (Å²) in [6.07, 6.45) is 3.05. The maximum Gasteiger partial charge on any atom is 0.266 e. The van der Waals surface area contributed by atoms with Gasteiger partial charge in [0.15, 0.2) is 16.3 Å². The number of aryl methyl sites for hydroxylation is 1. The largest absolute Gasteiger partial charge is 0.497 e. The summed E-state index contributed by atoms with van der Waals surface area (Å²) >= 11 is 3.08. The topological polar surface area (TPSA) is 99.4 Å². The third-order valence-electron chi connectivity index (χ3n) is 6.06. The van der Waals surface area contributed by atoms with Gasteiger partial charge in [-0.1, -0.05) is 11.3 Å². The number of fused-ring (bicyclic) bond motifs is 2. The molecule has 1 unspecified atom stereocenters. The quantitative estimate of drug-likeness (QED) is 0.458. The molecule has 0 spiro atoms. The molecule has 2 aromatic carbocycles. The minimum atomic E-state index is -3.85. The van der Waals surface area contributed by atoms with Gasteiger partial charge in [0.1, 0.15) is 11.8 Å². The molecule has 1 saturated heterocycles. The number of hydrogen-bond acceptors (Lipinski definition) is 8. The van der Waals surface area contributed by atoms with Crippen molar-refractivity contribution in [1.29, 1.82) is 0 Å². The number of methoxy groups -OCH3 is 1. The number of carbonyl (C=O) groups excluding carboxylic acids is 1. The molecule has 1 fully saturated rings. The zero-order valence-electron chi connectivity index (χ0n) is 19.3. The number of rotatable bonds is 7. The third kappa shape index (κ3) is 4.55. The lowest BCUT2D eigenvalue weighted by molar-refractivity contribution is -0.121. The Hall–Kier alpha value is -2.54. The number of thioether (sulfide) groups is 1. The fourth-order valence-corrected chi connectivity index (χ4v) is 7.36. The van der Waals surface area contributed by atoms with Crippen LogP contribution >= 0.6 is 23.1 Å². The summed E-state index contributed by atoms with van der Waals surface area (Å²) in [7, 11) is -2.33. The lowest BCUT2D eigenvalue weighted by atomic mass is 10.2. The molecular weight excluding hydrogens is 510 g/mol. The summed E-state index contributed by atoms with van der Waals surface area (Å²) in [6, 6.07) is 9.17. The first kappa shape index (κ1) is 24.2. The third-order valence-corrected chi connectivity index (χ3v) is 9.61. The van der Waals surface area contributed by atoms with Gasteiger partial charge in [-0.25, -0.2) is 8.42 Å². The second-order valence-electron chi connectivity index (χ2n) is 8.10. The van der Waals surface area contributed by atoms with Gasteiger partial charge in [0.05, 0.1) is 22.2 Å². The van der Waals surface area contributed by atoms with Crippen molar-refractivity contribution < 1.29 is 27.4 Å². The van der Waals surface area contributed by atoms with Gasteiger partial charge in [0.25, 0.3) is 5.91 Å². The molecule has 2 aliphatic heterocycles. The lowest BCUT2D eigenvalue weighted by Gasteiger charge is -2.21. The number of amides is 1. The molecule has 1 atom stereocenters. The van der Waals surface area contributed by atoms with Crippen molar-refractivity contribution in [2.45, 2.75) is 30.3 Å². The lowest BCUT2D eigenvalue weighted by Crippen LogP contribution is -2.40. The molecule has 0 saturated carbocycles. The summed E-state index contributed by atoms with van der Waals surface area (Å²) in [4.78, 5) is 18.5. The van der Waals surface area contributed by atoms with Gasteiger partial charge >= 0.3 is 0 Å². The van der Waals surface area contributed by atoms with Crippen LogP contribution in [0, 0.1) is 0 Å². The number of hydrogen-bond donors (Lipinski definition) is 0. The van der Waals surface area contributed by atoms with E-state index in [1.807, 2.05) is 23.0 Å². The predicted molar refractivity (Wildman–Crippen MR) is 135 cm³/mol. The fourth-order valence-electron chi connectivity index (χ4n) is 4.27. The molecule has 35 heavy (non-hydrogen) atoms. The molecule has 0 radical (unpaired) electrons. The SMILES string of the molecule is COc1ccc(S(=O)(=O)N2CCCC2C(=O)N=c2sc3cc4c(cc3n2CCSC)OCO4)cc1. The maximum atomic E-state index is 13.4. The van der Waals surface area contributed by atoms with E-state index in [9.17, 15) is 13.2 Å². The van der Waals surface area contributed by atoms with E-state index in [1.54, 1.807) is 23.9 Å². The summed E-state index contributed by atoms with van der Waals surface area (Å²) in [6.45, 7) is 1.12. The van der Waals surface area contributed by atoms with Crippen LogP contribution < -0.4 is 19.0 Å². The van der Waals surface area contributed by atoms with Crippen molar-refractivity contribution in [1.82, 2.24) is 8.87 Å². The minimum absolute atomic E-state index is 0.129. The number of sulfonamides is 1. The second-order valence-corrected chi connectivity index (χ2v) is 12.0. The van der Waals surface area contributed by atoms with Gasteiger partial charge in [-0.3, -0.25) is 4.79 Å². The van der Waals surface area contributed by atoms with Crippen LogP contribution in [0.25, 0.3) is 10.2 Å². The van der Waals surface area contributed by atoms with Gasteiger partial charge in [-0.15, -0.1) is 0 Å². The molecule has 9 nitrogen and oxygen atoms in total. The van der Waals surface area contributed by atoms with Crippen LogP contribution in [-0.2, 0) is 21.4 Å². The van der Waals surface area contributed by atoms with Crippen LogP contribution in [0.1, 0.15) is 12.8 Å². The van der Waals surface area contributed by atoms with Crippen molar-refractivity contribution in [2.75, 3.05) is 32.5 Å². The maximum absolute atomic E-state index is 13.4. The highest BCUT2D eigenvalue weighted by atomic mass is 32.2. The van der Waals surface area contributed by atoms with E-state index < -0.39 is 22.0 Å². The van der Waals surface area contributed by atoms with Crippen LogP contribution in [0.15, 0.2) is 46.3 Å². The minimum Gasteiger partial charge on any atom is -0.497 e. The highest BCUT2D eigenvalue weighted by molar-refractivity contribution is 7.98. The molecule has 0 N–H and O–H groups in total. The summed E-state index contributed by atoms with van der Waals surface area (Å²) in [5.74, 6) is 2.28. The van der Waals surface area contributed by atoms with Crippen LogP contribution in [0.2, 0.25) is 0 Å². The molecule has 1 amide bonds. The van der Waals surface area contributed by atoms with Crippen LogP contribution in [0.3, 0.4) is 0 Å². The van der Waals surface area contributed by atoms with Crippen molar-refractivity contribution in [3.8, 4) is 17.2 Å². The molecule has 0 bridgehead atoms. The van der Waals surface area contributed by atoms with E-state index in [-0.39, 0.29) is 18.2 Å². The highest BCUT2D eigenvalue weighted by Gasteiger charge is 2.39. The molecule has 3 aromatic rings. The van der Waals surface area contributed by atoms with E-state index in [1.165, 1.54) is 34.9 Å². The number of benzene rings is 2. The highest BCUT2D eigenvalue weighted by Crippen LogP contribution is 2.37. The van der Waals surface area contributed by atoms with Crippen LogP contribution in [-0.4, -0.2) is 61.7 Å². The molecule has 1 aromatic heterocycles. The average Bonchev–Trinajstić information content (AvgIpc) is 3.60. The first-order valence-corrected chi connectivity index (χ1v) is 14.7. The number of nitrogens with zero attached hydrogens (tertiary/aromatic N) is 3. The summed E-state index contributed by atoms with van der Waals surface area (Å²) in [5, 5.41) is 0. The Labute approximate surface area is 211 Å². The summed E-state index contributed by atoms with van der Waals surface area (Å²) < 4.78 is 47.0. The Balaban J connectivity index is 1.50. The smallest absolute Gasteiger partial charge is 0.266 e. The van der Waals surface area contributed by atoms with Crippen molar-refractivity contribution in [3.63, 3.8) is 0 Å².